The van der Waals surface area contributed by atoms with Crippen molar-refractivity contribution < 1.29 is 14.0 Å². The molecule has 0 N–H and O–H groups in total. The van der Waals surface area contributed by atoms with E-state index in [9.17, 15) is 4.79 Å². The lowest BCUT2D eigenvalue weighted by Gasteiger charge is -2.21. The Morgan fingerprint density at radius 1 is 1.04 bits per heavy atom. The van der Waals surface area contributed by atoms with Crippen LogP contribution in [0.1, 0.15) is 65.7 Å². The quantitative estimate of drug-likeness (QED) is 0.242. The summed E-state index contributed by atoms with van der Waals surface area (Å²) in [6.07, 6.45) is 8.65. The van der Waals surface area contributed by atoms with E-state index in [1.54, 1.807) is 7.11 Å². The molecule has 0 saturated heterocycles. The smallest absolute Gasteiger partial charge is 0.202 e. The monoisotopic (exact) mass is 437 g/mol. The van der Waals surface area contributed by atoms with Gasteiger partial charge in [-0.05, 0) is 42.2 Å². The molecule has 0 fully saturated rings. The first kappa shape index (κ1) is 29.5. The fourth-order valence-corrected chi connectivity index (χ4v) is 5.75. The molecule has 0 aromatic carbocycles. The van der Waals surface area contributed by atoms with Gasteiger partial charge in [0.2, 0.25) is 9.04 Å². The van der Waals surface area contributed by atoms with Gasteiger partial charge in [-0.15, -0.1) is 0 Å². The number of carbonyl (C=O) groups excluding carboxylic acids is 1. The summed E-state index contributed by atoms with van der Waals surface area (Å²) in [5.41, 5.74) is 0. The van der Waals surface area contributed by atoms with Gasteiger partial charge in [-0.3, -0.25) is 4.79 Å². The molecule has 0 bridgehead atoms. The van der Waals surface area contributed by atoms with Crippen molar-refractivity contribution in [1.82, 2.24) is 4.90 Å². The molecule has 0 aliphatic carbocycles. The normalized spacial score (nSPS) is 12.1. The van der Waals surface area contributed by atoms with E-state index in [-0.39, 0.29) is 0 Å². The molecule has 0 aromatic heterocycles. The largest absolute Gasteiger partial charge is 0.416 e. The maximum absolute atomic E-state index is 11.9. The average Bonchev–Trinajstić information content (AvgIpc) is 2.69. The van der Waals surface area contributed by atoms with Crippen LogP contribution in [0, 0.1) is 0 Å². The van der Waals surface area contributed by atoms with Gasteiger partial charge in [0.25, 0.3) is 0 Å². The highest BCUT2D eigenvalue weighted by Gasteiger charge is 2.13. The van der Waals surface area contributed by atoms with E-state index in [2.05, 4.69) is 32.2 Å². The topological polar surface area (TPSA) is 38.8 Å². The lowest BCUT2D eigenvalue weighted by atomic mass is 10.1. The highest BCUT2D eigenvalue weighted by Crippen LogP contribution is 2.14. The Labute approximate surface area is 178 Å². The number of ether oxygens (including phenoxy) is 1. The number of methoxy groups -OCH3 is 1. The van der Waals surface area contributed by atoms with Crippen molar-refractivity contribution in [3.05, 3.63) is 0 Å². The zero-order chi connectivity index (χ0) is 20.8. The molecule has 0 radical (unpaired) electrons. The predicted molar refractivity (Wildman–Crippen MR) is 129 cm³/mol. The lowest BCUT2D eigenvalue weighted by molar-refractivity contribution is -0.111. The first-order valence-electron chi connectivity index (χ1n) is 11.2. The number of nitrogens with zero attached hydrogens (tertiary/aromatic N) is 1. The molecule has 27 heavy (non-hydrogen) atoms. The van der Waals surface area contributed by atoms with Gasteiger partial charge in [-0.2, -0.15) is 0 Å². The summed E-state index contributed by atoms with van der Waals surface area (Å²) in [5.74, 6) is 0.931. The highest BCUT2D eigenvalue weighted by atomic mass is 32.2. The van der Waals surface area contributed by atoms with Crippen LogP contribution in [-0.4, -0.2) is 74.6 Å². The first-order valence-corrected chi connectivity index (χ1v) is 16.2. The molecule has 0 heterocycles. The van der Waals surface area contributed by atoms with E-state index in [0.29, 0.717) is 5.12 Å². The third kappa shape index (κ3) is 20.9. The van der Waals surface area contributed by atoms with Crippen LogP contribution in [0.15, 0.2) is 0 Å². The molecule has 0 aromatic rings. The van der Waals surface area contributed by atoms with Gasteiger partial charge in [0.15, 0.2) is 5.12 Å². The van der Waals surface area contributed by atoms with Crippen LogP contribution in [0.4, 0.5) is 0 Å². The minimum absolute atomic E-state index is 0.365. The SMILES string of the molecule is CCCCCCCC(=O)SCCC[SiH](COC)OCCN(CC)CC.C[SiH3]. The third-order valence-corrected chi connectivity index (χ3v) is 7.91. The number of thioether (sulfide) groups is 1. The van der Waals surface area contributed by atoms with Crippen LogP contribution in [0.3, 0.4) is 0 Å². The molecule has 1 atom stereocenters. The highest BCUT2D eigenvalue weighted by molar-refractivity contribution is 8.13. The van der Waals surface area contributed by atoms with E-state index in [0.717, 1.165) is 63.5 Å². The number of hydrogen-bond donors (Lipinski definition) is 0. The van der Waals surface area contributed by atoms with Crippen molar-refractivity contribution in [3.8, 4) is 0 Å². The molecule has 7 heteroatoms. The molecule has 0 rings (SSSR count). The summed E-state index contributed by atoms with van der Waals surface area (Å²) in [5, 5.41) is 0.365. The maximum Gasteiger partial charge on any atom is 0.202 e. The van der Waals surface area contributed by atoms with Crippen molar-refractivity contribution in [2.75, 3.05) is 45.3 Å². The van der Waals surface area contributed by atoms with E-state index in [4.69, 9.17) is 9.16 Å². The zero-order valence-electron chi connectivity index (χ0n) is 19.1. The standard InChI is InChI=1S/C19H41NO3SSi.CH6Si/c1-5-8-9-10-11-13-19(21)24-16-12-17-25(18-22-4)23-15-14-20(6-2)7-3;1-2/h25H,5-18H2,1-4H3;1-2H3. The van der Waals surface area contributed by atoms with E-state index in [1.165, 1.54) is 47.7 Å². The Bertz CT molecular complexity index is 309. The van der Waals surface area contributed by atoms with Crippen LogP contribution in [0.2, 0.25) is 12.6 Å². The second kappa shape index (κ2) is 24.4. The second-order valence-electron chi connectivity index (χ2n) is 6.50. The molecule has 0 amide bonds. The number of carbonyl (C=O) groups is 1. The summed E-state index contributed by atoms with van der Waals surface area (Å²) in [7, 11) is 1.77. The molecular weight excluding hydrogens is 390 g/mol. The molecule has 4 nitrogen and oxygen atoms in total. The van der Waals surface area contributed by atoms with Crippen molar-refractivity contribution in [1.29, 1.82) is 0 Å². The Hall–Kier alpha value is 0.334. The maximum atomic E-state index is 11.9. The molecule has 0 aliphatic heterocycles. The molecule has 1 unspecified atom stereocenters. The predicted octanol–water partition coefficient (Wildman–Crippen LogP) is 3.66. The van der Waals surface area contributed by atoms with Gasteiger partial charge in [0.1, 0.15) is 0 Å². The van der Waals surface area contributed by atoms with Crippen LogP contribution < -0.4 is 0 Å². The number of hydrogen-bond acceptors (Lipinski definition) is 5. The Balaban J connectivity index is 0. The summed E-state index contributed by atoms with van der Waals surface area (Å²) >= 11 is 1.51. The van der Waals surface area contributed by atoms with Gasteiger partial charge in [-0.25, -0.2) is 0 Å². The minimum atomic E-state index is -1.29. The summed E-state index contributed by atoms with van der Waals surface area (Å²) < 4.78 is 11.4. The Morgan fingerprint density at radius 2 is 1.70 bits per heavy atom. The van der Waals surface area contributed by atoms with Crippen LogP contribution in [-0.2, 0) is 14.0 Å². The molecule has 0 aliphatic rings. The second-order valence-corrected chi connectivity index (χ2v) is 10.1. The Kier molecular flexibility index (Phi) is 26.7. The first-order chi connectivity index (χ1) is 13.2. The zero-order valence-corrected chi connectivity index (χ0v) is 23.0. The number of unbranched alkanes of at least 4 members (excludes halogenated alkanes) is 4. The van der Waals surface area contributed by atoms with Gasteiger partial charge in [-0.1, -0.05) is 64.8 Å². The number of rotatable bonds is 18. The summed E-state index contributed by atoms with van der Waals surface area (Å²) in [6, 6.07) is 1.10. The summed E-state index contributed by atoms with van der Waals surface area (Å²) in [6.45, 7) is 12.7. The molecule has 164 valence electrons. The van der Waals surface area contributed by atoms with Gasteiger partial charge in [0.05, 0.1) is 6.23 Å². The number of likely N-dealkylation sites (N-methyl/N-ethyl adjacent to an activating group) is 1. The third-order valence-electron chi connectivity index (χ3n) is 4.43. The fourth-order valence-electron chi connectivity index (χ4n) is 2.73. The molecule has 0 spiro atoms. The van der Waals surface area contributed by atoms with Gasteiger partial charge < -0.3 is 14.1 Å². The van der Waals surface area contributed by atoms with E-state index >= 15 is 0 Å². The van der Waals surface area contributed by atoms with Crippen molar-refractivity contribution in [2.45, 2.75) is 78.3 Å². The van der Waals surface area contributed by atoms with Crippen molar-refractivity contribution in [3.63, 3.8) is 0 Å². The van der Waals surface area contributed by atoms with E-state index < -0.39 is 9.04 Å². The van der Waals surface area contributed by atoms with Crippen LogP contribution in [0.5, 0.6) is 0 Å². The minimum Gasteiger partial charge on any atom is -0.416 e. The van der Waals surface area contributed by atoms with E-state index in [1.807, 2.05) is 0 Å². The summed E-state index contributed by atoms with van der Waals surface area (Å²) in [4.78, 5) is 14.3. The fraction of sp³-hybridized carbons (Fsp3) is 0.950. The van der Waals surface area contributed by atoms with Crippen LogP contribution >= 0.6 is 11.8 Å². The molecule has 0 saturated carbocycles. The van der Waals surface area contributed by atoms with Crippen molar-refractivity contribution >= 4 is 36.2 Å². The van der Waals surface area contributed by atoms with Gasteiger partial charge >= 0.3 is 0 Å². The Morgan fingerprint density at radius 3 is 2.30 bits per heavy atom. The van der Waals surface area contributed by atoms with Crippen LogP contribution in [0.25, 0.3) is 0 Å². The molecular formula is C20H47NO3SSi2. The average molecular weight is 438 g/mol. The lowest BCUT2D eigenvalue weighted by Crippen LogP contribution is -2.32. The van der Waals surface area contributed by atoms with Gasteiger partial charge in [0, 0.05) is 32.4 Å². The van der Waals surface area contributed by atoms with Crippen molar-refractivity contribution in [2.24, 2.45) is 0 Å².